The first-order valence-electron chi connectivity index (χ1n) is 6.67. The van der Waals surface area contributed by atoms with Crippen LogP contribution in [0.25, 0.3) is 0 Å². The zero-order valence-corrected chi connectivity index (χ0v) is 12.2. The zero-order chi connectivity index (χ0) is 13.4. The van der Waals surface area contributed by atoms with E-state index in [9.17, 15) is 4.79 Å². The fraction of sp³-hybridized carbons (Fsp3) is 0.562. The van der Waals surface area contributed by atoms with Crippen molar-refractivity contribution in [1.29, 1.82) is 0 Å². The fourth-order valence-electron chi connectivity index (χ4n) is 3.11. The number of carbonyl (C=O) groups is 1. The number of hydrogen-bond donors (Lipinski definition) is 0. The van der Waals surface area contributed by atoms with E-state index < -0.39 is 0 Å². The van der Waals surface area contributed by atoms with Crippen molar-refractivity contribution in [3.63, 3.8) is 0 Å². The molecule has 1 saturated carbocycles. The van der Waals surface area contributed by atoms with E-state index in [-0.39, 0.29) is 10.8 Å². The lowest BCUT2D eigenvalue weighted by Gasteiger charge is -2.34. The van der Waals surface area contributed by atoms with Crippen molar-refractivity contribution in [2.45, 2.75) is 51.9 Å². The molecule has 0 amide bonds. The molecule has 1 aliphatic carbocycles. The quantitative estimate of drug-likeness (QED) is 0.752. The van der Waals surface area contributed by atoms with Crippen LogP contribution in [0.2, 0.25) is 5.02 Å². The summed E-state index contributed by atoms with van der Waals surface area (Å²) in [7, 11) is 0. The first-order valence-corrected chi connectivity index (χ1v) is 7.05. The fourth-order valence-corrected chi connectivity index (χ4v) is 3.24. The molecule has 0 aliphatic heterocycles. The Balaban J connectivity index is 2.45. The Kier molecular flexibility index (Phi) is 3.55. The van der Waals surface area contributed by atoms with Crippen molar-refractivity contribution >= 4 is 17.4 Å². The Hall–Kier alpha value is -0.820. The van der Waals surface area contributed by atoms with Crippen LogP contribution in [0.1, 0.15) is 52.0 Å². The lowest BCUT2D eigenvalue weighted by atomic mass is 9.67. The molecule has 1 fully saturated rings. The van der Waals surface area contributed by atoms with Crippen LogP contribution in [-0.4, -0.2) is 5.78 Å². The maximum Gasteiger partial charge on any atom is 0.148 e. The molecule has 2 heteroatoms. The van der Waals surface area contributed by atoms with Crippen LogP contribution >= 0.6 is 11.6 Å². The number of ketones is 1. The van der Waals surface area contributed by atoms with Crippen molar-refractivity contribution in [2.75, 3.05) is 0 Å². The topological polar surface area (TPSA) is 17.1 Å². The molecule has 0 atom stereocenters. The van der Waals surface area contributed by atoms with Crippen LogP contribution in [0, 0.1) is 5.41 Å². The minimum Gasteiger partial charge on any atom is -0.298 e. The summed E-state index contributed by atoms with van der Waals surface area (Å²) >= 11 is 5.95. The lowest BCUT2D eigenvalue weighted by molar-refractivity contribution is -0.132. The highest BCUT2D eigenvalue weighted by Crippen LogP contribution is 2.45. The highest BCUT2D eigenvalue weighted by atomic mass is 35.5. The SMILES string of the molecule is CC(C)(C)C(=O)C1(c2ccc(Cl)cc2)CCCC1. The zero-order valence-electron chi connectivity index (χ0n) is 11.4. The van der Waals surface area contributed by atoms with Crippen LogP contribution < -0.4 is 0 Å². The van der Waals surface area contributed by atoms with E-state index in [1.54, 1.807) is 0 Å². The van der Waals surface area contributed by atoms with Gasteiger partial charge in [0.15, 0.2) is 0 Å². The van der Waals surface area contributed by atoms with Crippen molar-refractivity contribution in [1.82, 2.24) is 0 Å². The first kappa shape index (κ1) is 13.6. The average Bonchev–Trinajstić information content (AvgIpc) is 2.78. The van der Waals surface area contributed by atoms with Gasteiger partial charge in [-0.05, 0) is 30.5 Å². The number of rotatable bonds is 2. The van der Waals surface area contributed by atoms with E-state index in [1.165, 1.54) is 0 Å². The highest BCUT2D eigenvalue weighted by molar-refractivity contribution is 6.30. The minimum atomic E-state index is -0.288. The van der Waals surface area contributed by atoms with Crippen molar-refractivity contribution in [3.05, 3.63) is 34.9 Å². The number of Topliss-reactive ketones (excluding diaryl/α,β-unsaturated/α-hetero) is 1. The molecule has 1 aromatic carbocycles. The monoisotopic (exact) mass is 264 g/mol. The first-order chi connectivity index (χ1) is 8.36. The Morgan fingerprint density at radius 3 is 2.06 bits per heavy atom. The van der Waals surface area contributed by atoms with Gasteiger partial charge in [0.25, 0.3) is 0 Å². The molecule has 0 bridgehead atoms. The Morgan fingerprint density at radius 1 is 1.11 bits per heavy atom. The number of halogens is 1. The largest absolute Gasteiger partial charge is 0.298 e. The summed E-state index contributed by atoms with van der Waals surface area (Å²) in [4.78, 5) is 12.8. The van der Waals surface area contributed by atoms with Gasteiger partial charge in [0.1, 0.15) is 5.78 Å². The molecule has 0 heterocycles. The molecule has 0 saturated heterocycles. The van der Waals surface area contributed by atoms with Crippen LogP contribution in [-0.2, 0) is 10.2 Å². The molecule has 0 N–H and O–H groups in total. The third kappa shape index (κ3) is 2.33. The van der Waals surface area contributed by atoms with Crippen LogP contribution in [0.4, 0.5) is 0 Å². The van der Waals surface area contributed by atoms with Gasteiger partial charge < -0.3 is 0 Å². The molecule has 1 aromatic rings. The van der Waals surface area contributed by atoms with Gasteiger partial charge in [-0.3, -0.25) is 4.79 Å². The van der Waals surface area contributed by atoms with Crippen molar-refractivity contribution in [2.24, 2.45) is 5.41 Å². The smallest absolute Gasteiger partial charge is 0.148 e. The lowest BCUT2D eigenvalue weighted by Crippen LogP contribution is -2.41. The maximum atomic E-state index is 12.8. The summed E-state index contributed by atoms with van der Waals surface area (Å²) in [6.45, 7) is 6.06. The van der Waals surface area contributed by atoms with Gasteiger partial charge in [-0.15, -0.1) is 0 Å². The van der Waals surface area contributed by atoms with Gasteiger partial charge in [0, 0.05) is 10.4 Å². The number of hydrogen-bond acceptors (Lipinski definition) is 1. The van der Waals surface area contributed by atoms with Crippen LogP contribution in [0.15, 0.2) is 24.3 Å². The van der Waals surface area contributed by atoms with E-state index >= 15 is 0 Å². The average molecular weight is 265 g/mol. The Morgan fingerprint density at radius 2 is 1.61 bits per heavy atom. The molecule has 0 radical (unpaired) electrons. The minimum absolute atomic E-state index is 0.275. The van der Waals surface area contributed by atoms with Gasteiger partial charge in [-0.1, -0.05) is 57.3 Å². The molecule has 2 rings (SSSR count). The standard InChI is InChI=1S/C16H21ClO/c1-15(2,3)14(18)16(10-4-5-11-16)12-6-8-13(17)9-7-12/h6-9H,4-5,10-11H2,1-3H3. The summed E-state index contributed by atoms with van der Waals surface area (Å²) < 4.78 is 0. The molecule has 1 aliphatic rings. The van der Waals surface area contributed by atoms with Gasteiger partial charge in [0.2, 0.25) is 0 Å². The van der Waals surface area contributed by atoms with Crippen LogP contribution in [0.5, 0.6) is 0 Å². The highest BCUT2D eigenvalue weighted by Gasteiger charge is 2.46. The van der Waals surface area contributed by atoms with E-state index in [0.717, 1.165) is 36.3 Å². The van der Waals surface area contributed by atoms with E-state index in [1.807, 2.05) is 45.0 Å². The molecule has 0 aromatic heterocycles. The Bertz CT molecular complexity index is 433. The van der Waals surface area contributed by atoms with Crippen molar-refractivity contribution < 1.29 is 4.79 Å². The summed E-state index contributed by atoms with van der Waals surface area (Å²) in [6.07, 6.45) is 4.24. The molecule has 98 valence electrons. The van der Waals surface area contributed by atoms with Gasteiger partial charge in [-0.25, -0.2) is 0 Å². The summed E-state index contributed by atoms with van der Waals surface area (Å²) in [6, 6.07) is 7.84. The number of carbonyl (C=O) groups excluding carboxylic acids is 1. The molecule has 18 heavy (non-hydrogen) atoms. The molecular formula is C16H21ClO. The second-order valence-corrected chi connectivity index (χ2v) is 6.81. The molecule has 1 nitrogen and oxygen atoms in total. The predicted octanol–water partition coefficient (Wildman–Crippen LogP) is 4.77. The summed E-state index contributed by atoms with van der Waals surface area (Å²) in [5.41, 5.74) is 0.580. The maximum absolute atomic E-state index is 12.8. The normalized spacial score (nSPS) is 18.9. The summed E-state index contributed by atoms with van der Waals surface area (Å²) in [5, 5.41) is 0.732. The second-order valence-electron chi connectivity index (χ2n) is 6.38. The summed E-state index contributed by atoms with van der Waals surface area (Å²) in [5.74, 6) is 0.370. The van der Waals surface area contributed by atoms with Crippen molar-refractivity contribution in [3.8, 4) is 0 Å². The second kappa shape index (κ2) is 4.70. The molecule has 0 spiro atoms. The molecular weight excluding hydrogens is 244 g/mol. The third-order valence-corrected chi connectivity index (χ3v) is 4.22. The van der Waals surface area contributed by atoms with E-state index in [4.69, 9.17) is 11.6 Å². The third-order valence-electron chi connectivity index (χ3n) is 3.97. The Labute approximate surface area is 115 Å². The predicted molar refractivity (Wildman–Crippen MR) is 76.1 cm³/mol. The van der Waals surface area contributed by atoms with E-state index in [0.29, 0.717) is 5.78 Å². The van der Waals surface area contributed by atoms with Gasteiger partial charge >= 0.3 is 0 Å². The van der Waals surface area contributed by atoms with Gasteiger partial charge in [-0.2, -0.15) is 0 Å². The molecule has 0 unspecified atom stereocenters. The van der Waals surface area contributed by atoms with Gasteiger partial charge in [0.05, 0.1) is 5.41 Å². The van der Waals surface area contributed by atoms with Crippen LogP contribution in [0.3, 0.4) is 0 Å². The van der Waals surface area contributed by atoms with E-state index in [2.05, 4.69) is 0 Å². The number of benzene rings is 1.